The van der Waals surface area contributed by atoms with Gasteiger partial charge in [0.1, 0.15) is 6.10 Å². The fourth-order valence-electron chi connectivity index (χ4n) is 4.39. The van der Waals surface area contributed by atoms with E-state index >= 15 is 0 Å². The van der Waals surface area contributed by atoms with Gasteiger partial charge in [-0.05, 0) is 30.4 Å². The third kappa shape index (κ3) is 4.91. The first kappa shape index (κ1) is 21.0. The molecule has 1 aromatic carbocycles. The summed E-state index contributed by atoms with van der Waals surface area (Å²) in [5.74, 6) is -0.0511. The van der Waals surface area contributed by atoms with Gasteiger partial charge < -0.3 is 24.8 Å². The van der Waals surface area contributed by atoms with Crippen LogP contribution in [-0.4, -0.2) is 66.4 Å². The van der Waals surface area contributed by atoms with E-state index in [0.29, 0.717) is 39.1 Å². The van der Waals surface area contributed by atoms with Gasteiger partial charge in [-0.1, -0.05) is 36.4 Å². The van der Waals surface area contributed by atoms with Crippen molar-refractivity contribution in [3.63, 3.8) is 0 Å². The van der Waals surface area contributed by atoms with Crippen LogP contribution in [0.25, 0.3) is 0 Å². The van der Waals surface area contributed by atoms with Crippen LogP contribution < -0.4 is 5.32 Å². The van der Waals surface area contributed by atoms with Crippen LogP contribution in [0.4, 0.5) is 0 Å². The lowest BCUT2D eigenvalue weighted by atomic mass is 9.97. The van der Waals surface area contributed by atoms with Crippen LogP contribution in [0, 0.1) is 5.92 Å². The Bertz CT molecular complexity index is 790. The van der Waals surface area contributed by atoms with E-state index < -0.39 is 18.2 Å². The molecule has 2 amide bonds. The van der Waals surface area contributed by atoms with Gasteiger partial charge >= 0.3 is 0 Å². The summed E-state index contributed by atoms with van der Waals surface area (Å²) in [7, 11) is 0. The first-order chi connectivity index (χ1) is 14.6. The summed E-state index contributed by atoms with van der Waals surface area (Å²) in [4.78, 5) is 27.2. The Hall–Kier alpha value is -2.22. The molecule has 4 rings (SSSR count). The second-order valence-corrected chi connectivity index (χ2v) is 8.24. The third-order valence-electron chi connectivity index (χ3n) is 6.22. The molecule has 3 atom stereocenters. The van der Waals surface area contributed by atoms with Crippen molar-refractivity contribution in [2.24, 2.45) is 5.92 Å². The molecule has 7 nitrogen and oxygen atoms in total. The maximum atomic E-state index is 12.8. The van der Waals surface area contributed by atoms with Crippen LogP contribution in [-0.2, 0) is 32.0 Å². The van der Waals surface area contributed by atoms with Crippen molar-refractivity contribution in [2.45, 2.75) is 50.5 Å². The van der Waals surface area contributed by atoms with E-state index in [1.54, 1.807) is 0 Å². The topological polar surface area (TPSA) is 88.1 Å². The number of hydrogen-bond acceptors (Lipinski definition) is 5. The van der Waals surface area contributed by atoms with Crippen LogP contribution in [0.15, 0.2) is 36.4 Å². The van der Waals surface area contributed by atoms with E-state index in [9.17, 15) is 14.7 Å². The van der Waals surface area contributed by atoms with E-state index in [-0.39, 0.29) is 30.8 Å². The van der Waals surface area contributed by atoms with E-state index in [1.807, 2.05) is 29.2 Å². The number of nitrogens with one attached hydrogen (secondary N) is 1. The quantitative estimate of drug-likeness (QED) is 0.707. The molecule has 1 saturated heterocycles. The molecule has 0 bridgehead atoms. The first-order valence-corrected chi connectivity index (χ1v) is 10.8. The average Bonchev–Trinajstić information content (AvgIpc) is 2.80. The Balaban J connectivity index is 1.32. The number of fused-ring (bicyclic) bond motifs is 1. The number of amides is 2. The van der Waals surface area contributed by atoms with E-state index in [4.69, 9.17) is 9.47 Å². The molecule has 0 spiro atoms. The van der Waals surface area contributed by atoms with Crippen molar-refractivity contribution in [1.82, 2.24) is 10.2 Å². The Morgan fingerprint density at radius 1 is 1.13 bits per heavy atom. The van der Waals surface area contributed by atoms with Crippen molar-refractivity contribution in [1.29, 1.82) is 0 Å². The number of carbonyl (C=O) groups is 2. The molecular weight excluding hydrogens is 384 g/mol. The molecule has 0 radical (unpaired) electrons. The molecule has 30 heavy (non-hydrogen) atoms. The lowest BCUT2D eigenvalue weighted by Crippen LogP contribution is -2.51. The number of rotatable bonds is 5. The highest BCUT2D eigenvalue weighted by molar-refractivity contribution is 5.79. The lowest BCUT2D eigenvalue weighted by molar-refractivity contribution is -0.138. The fourth-order valence-corrected chi connectivity index (χ4v) is 4.39. The van der Waals surface area contributed by atoms with Crippen LogP contribution in [0.1, 0.15) is 30.4 Å². The number of benzene rings is 1. The highest BCUT2D eigenvalue weighted by Crippen LogP contribution is 2.22. The van der Waals surface area contributed by atoms with Crippen LogP contribution in [0.5, 0.6) is 0 Å². The summed E-state index contributed by atoms with van der Waals surface area (Å²) in [6.07, 6.45) is 5.24. The monoisotopic (exact) mass is 414 g/mol. The van der Waals surface area contributed by atoms with E-state index in [1.165, 1.54) is 11.1 Å². The summed E-state index contributed by atoms with van der Waals surface area (Å²) in [5.41, 5.74) is 2.50. The fraction of sp³-hybridized carbons (Fsp3) is 0.565. The minimum Gasteiger partial charge on any atom is -0.394 e. The first-order valence-electron chi connectivity index (χ1n) is 10.8. The highest BCUT2D eigenvalue weighted by atomic mass is 16.5. The zero-order chi connectivity index (χ0) is 20.9. The summed E-state index contributed by atoms with van der Waals surface area (Å²) in [5, 5.41) is 12.7. The number of carbonyl (C=O) groups excluding carboxylic acids is 2. The minimum atomic E-state index is -0.557. The van der Waals surface area contributed by atoms with Crippen LogP contribution >= 0.6 is 0 Å². The van der Waals surface area contributed by atoms with Gasteiger partial charge in [0.05, 0.1) is 25.2 Å². The number of aliphatic hydroxyl groups excluding tert-OH is 1. The van der Waals surface area contributed by atoms with Gasteiger partial charge in [0, 0.05) is 32.2 Å². The molecule has 0 saturated carbocycles. The maximum absolute atomic E-state index is 12.8. The molecule has 1 fully saturated rings. The standard InChI is InChI=1S/C23H30N2O5/c26-15-21-20(24-23(28)17-8-11-29-12-9-17)6-5-19(30-21)13-22(27)25-10-7-16-3-1-2-4-18(16)14-25/h1-6,17,19-21,26H,7-15H2,(H,24,28)/t19-,20-,21-/m1/s1. The number of ether oxygens (including phenoxy) is 2. The lowest BCUT2D eigenvalue weighted by Gasteiger charge is -2.34. The minimum absolute atomic E-state index is 0.0310. The van der Waals surface area contributed by atoms with Crippen molar-refractivity contribution in [2.75, 3.05) is 26.4 Å². The SMILES string of the molecule is O=C(N[C@@H]1C=C[C@H](CC(=O)N2CCc3ccccc3C2)O[C@@H]1CO)C1CCOCC1. The summed E-state index contributed by atoms with van der Waals surface area (Å²) < 4.78 is 11.3. The molecule has 162 valence electrons. The maximum Gasteiger partial charge on any atom is 0.225 e. The van der Waals surface area contributed by atoms with Crippen molar-refractivity contribution in [3.05, 3.63) is 47.5 Å². The molecule has 3 heterocycles. The van der Waals surface area contributed by atoms with Gasteiger partial charge in [-0.25, -0.2) is 0 Å². The van der Waals surface area contributed by atoms with Gasteiger partial charge in [0.15, 0.2) is 0 Å². The summed E-state index contributed by atoms with van der Waals surface area (Å²) in [6, 6.07) is 7.83. The Labute approximate surface area is 177 Å². The molecule has 0 aromatic heterocycles. The molecule has 3 aliphatic heterocycles. The molecule has 3 aliphatic rings. The normalized spacial score (nSPS) is 26.8. The zero-order valence-electron chi connectivity index (χ0n) is 17.2. The molecule has 2 N–H and O–H groups in total. The Morgan fingerprint density at radius 3 is 2.67 bits per heavy atom. The predicted octanol–water partition coefficient (Wildman–Crippen LogP) is 1.19. The number of hydrogen-bond donors (Lipinski definition) is 2. The van der Waals surface area contributed by atoms with Gasteiger partial charge in [-0.15, -0.1) is 0 Å². The second kappa shape index (κ2) is 9.73. The third-order valence-corrected chi connectivity index (χ3v) is 6.22. The largest absolute Gasteiger partial charge is 0.394 e. The summed E-state index contributed by atoms with van der Waals surface area (Å²) >= 11 is 0. The second-order valence-electron chi connectivity index (χ2n) is 8.24. The van der Waals surface area contributed by atoms with Crippen LogP contribution in [0.2, 0.25) is 0 Å². The molecular formula is C23H30N2O5. The van der Waals surface area contributed by atoms with Gasteiger partial charge in [0.2, 0.25) is 11.8 Å². The molecule has 0 aliphatic carbocycles. The number of aliphatic hydroxyl groups is 1. The predicted molar refractivity (Wildman–Crippen MR) is 111 cm³/mol. The van der Waals surface area contributed by atoms with Gasteiger partial charge in [-0.2, -0.15) is 0 Å². The van der Waals surface area contributed by atoms with Gasteiger partial charge in [-0.3, -0.25) is 9.59 Å². The van der Waals surface area contributed by atoms with Crippen LogP contribution in [0.3, 0.4) is 0 Å². The van der Waals surface area contributed by atoms with Crippen molar-refractivity contribution < 1.29 is 24.2 Å². The number of nitrogens with zero attached hydrogens (tertiary/aromatic N) is 1. The Morgan fingerprint density at radius 2 is 1.90 bits per heavy atom. The molecule has 0 unspecified atom stereocenters. The van der Waals surface area contributed by atoms with Crippen molar-refractivity contribution >= 4 is 11.8 Å². The van der Waals surface area contributed by atoms with E-state index in [0.717, 1.165) is 6.42 Å². The zero-order valence-corrected chi connectivity index (χ0v) is 17.2. The van der Waals surface area contributed by atoms with Crippen molar-refractivity contribution in [3.8, 4) is 0 Å². The molecule has 7 heteroatoms. The van der Waals surface area contributed by atoms with Gasteiger partial charge in [0.25, 0.3) is 0 Å². The molecule has 1 aromatic rings. The summed E-state index contributed by atoms with van der Waals surface area (Å²) in [6.45, 7) is 2.32. The highest BCUT2D eigenvalue weighted by Gasteiger charge is 2.32. The van der Waals surface area contributed by atoms with E-state index in [2.05, 4.69) is 17.4 Å². The average molecular weight is 415 g/mol. The Kier molecular flexibility index (Phi) is 6.82. The smallest absolute Gasteiger partial charge is 0.225 e.